The molecule has 0 aliphatic rings. The van der Waals surface area contributed by atoms with E-state index in [0.717, 1.165) is 33.3 Å². The van der Waals surface area contributed by atoms with Crippen LogP contribution in [0.1, 0.15) is 11.1 Å². The van der Waals surface area contributed by atoms with Crippen molar-refractivity contribution in [2.24, 2.45) is 0 Å². The molecular formula is C40H28N6O4. The first kappa shape index (κ1) is 32.4. The molecule has 0 aromatic heterocycles. The summed E-state index contributed by atoms with van der Waals surface area (Å²) in [6, 6.07) is 42.7. The lowest BCUT2D eigenvalue weighted by molar-refractivity contribution is 0.248. The van der Waals surface area contributed by atoms with Gasteiger partial charge in [-0.25, -0.2) is 9.59 Å². The Labute approximate surface area is 287 Å². The number of benzene rings is 6. The van der Waals surface area contributed by atoms with Crippen LogP contribution < -0.4 is 20.7 Å². The molecule has 6 rings (SSSR count). The van der Waals surface area contributed by atoms with Gasteiger partial charge in [-0.1, -0.05) is 97.1 Å². The van der Waals surface area contributed by atoms with Crippen molar-refractivity contribution in [3.05, 3.63) is 157 Å². The number of hydrogen-bond donors (Lipinski definition) is 4. The van der Waals surface area contributed by atoms with E-state index in [4.69, 9.17) is 0 Å². The minimum Gasteiger partial charge on any atom is -0.506 e. The summed E-state index contributed by atoms with van der Waals surface area (Å²) in [5.41, 5.74) is 3.61. The second kappa shape index (κ2) is 14.5. The number of nitrogens with one attached hydrogen (secondary N) is 2. The van der Waals surface area contributed by atoms with Gasteiger partial charge in [-0.2, -0.15) is 20.5 Å². The van der Waals surface area contributed by atoms with Gasteiger partial charge in [0.05, 0.1) is 34.6 Å². The molecule has 0 radical (unpaired) electrons. The predicted octanol–water partition coefficient (Wildman–Crippen LogP) is 8.87. The van der Waals surface area contributed by atoms with Crippen molar-refractivity contribution >= 4 is 34.8 Å². The average molecular weight is 657 g/mol. The van der Waals surface area contributed by atoms with Gasteiger partial charge in [-0.3, -0.25) is 0 Å². The Morgan fingerprint density at radius 1 is 0.500 bits per heavy atom. The zero-order valence-electron chi connectivity index (χ0n) is 26.4. The van der Waals surface area contributed by atoms with Gasteiger partial charge in [-0.05, 0) is 59.7 Å². The van der Waals surface area contributed by atoms with E-state index in [1.807, 2.05) is 97.1 Å². The molecule has 0 saturated heterocycles. The molecule has 4 N–H and O–H groups in total. The Hall–Kier alpha value is -7.56. The van der Waals surface area contributed by atoms with Crippen LogP contribution in [0.5, 0.6) is 11.5 Å². The third-order valence-electron chi connectivity index (χ3n) is 7.76. The number of hydrazine groups is 1. The van der Waals surface area contributed by atoms with Crippen molar-refractivity contribution in [1.82, 2.24) is 0 Å². The van der Waals surface area contributed by atoms with Crippen LogP contribution in [0, 0.1) is 22.7 Å². The van der Waals surface area contributed by atoms with Gasteiger partial charge in [-0.15, -0.1) is 0 Å². The first-order chi connectivity index (χ1) is 24.4. The Kier molecular flexibility index (Phi) is 9.37. The molecule has 0 heterocycles. The maximum Gasteiger partial charge on any atom is 0.346 e. The summed E-state index contributed by atoms with van der Waals surface area (Å²) < 4.78 is 0. The Morgan fingerprint density at radius 2 is 0.860 bits per heavy atom. The summed E-state index contributed by atoms with van der Waals surface area (Å²) in [7, 11) is 0. The molecule has 0 saturated carbocycles. The lowest BCUT2D eigenvalue weighted by atomic mass is 10.0. The number of phenols is 2. The van der Waals surface area contributed by atoms with Gasteiger partial charge in [0.25, 0.3) is 0 Å². The fourth-order valence-corrected chi connectivity index (χ4v) is 5.42. The van der Waals surface area contributed by atoms with E-state index in [0.29, 0.717) is 22.5 Å². The van der Waals surface area contributed by atoms with Crippen LogP contribution in [0.4, 0.5) is 32.3 Å². The molecule has 0 atom stereocenters. The van der Waals surface area contributed by atoms with Gasteiger partial charge in [0.15, 0.2) is 0 Å². The number of rotatable bonds is 6. The summed E-state index contributed by atoms with van der Waals surface area (Å²) in [6.07, 6.45) is 0. The van der Waals surface area contributed by atoms with Crippen LogP contribution in [-0.2, 0) is 0 Å². The zero-order valence-corrected chi connectivity index (χ0v) is 26.4. The number of phenolic OH excluding ortho intramolecular Hbond substituents is 2. The van der Waals surface area contributed by atoms with Crippen LogP contribution in [0.15, 0.2) is 146 Å². The van der Waals surface area contributed by atoms with E-state index >= 15 is 0 Å². The van der Waals surface area contributed by atoms with Crippen molar-refractivity contribution in [3.63, 3.8) is 0 Å². The Morgan fingerprint density at radius 3 is 1.22 bits per heavy atom. The monoisotopic (exact) mass is 656 g/mol. The van der Waals surface area contributed by atoms with Crippen LogP contribution in [0.2, 0.25) is 0 Å². The van der Waals surface area contributed by atoms with Gasteiger partial charge >= 0.3 is 12.1 Å². The molecule has 10 heteroatoms. The molecule has 242 valence electrons. The lowest BCUT2D eigenvalue weighted by Crippen LogP contribution is -2.54. The first-order valence-electron chi connectivity index (χ1n) is 15.3. The summed E-state index contributed by atoms with van der Waals surface area (Å²) >= 11 is 0. The van der Waals surface area contributed by atoms with E-state index in [2.05, 4.69) is 10.6 Å². The molecule has 0 spiro atoms. The quantitative estimate of drug-likeness (QED) is 0.131. The minimum absolute atomic E-state index is 0.107. The van der Waals surface area contributed by atoms with Crippen LogP contribution >= 0.6 is 0 Å². The summed E-state index contributed by atoms with van der Waals surface area (Å²) in [5, 5.41) is 48.9. The average Bonchev–Trinajstić information content (AvgIpc) is 3.15. The van der Waals surface area contributed by atoms with Crippen LogP contribution in [-0.4, -0.2) is 22.3 Å². The second-order valence-electron chi connectivity index (χ2n) is 10.9. The van der Waals surface area contributed by atoms with E-state index in [1.54, 1.807) is 24.3 Å². The highest BCUT2D eigenvalue weighted by molar-refractivity contribution is 6.15. The molecule has 10 nitrogen and oxygen atoms in total. The molecule has 0 aliphatic carbocycles. The number of amides is 4. The van der Waals surface area contributed by atoms with E-state index in [9.17, 15) is 30.3 Å². The smallest absolute Gasteiger partial charge is 0.346 e. The van der Waals surface area contributed by atoms with E-state index < -0.39 is 23.6 Å². The molecule has 0 bridgehead atoms. The number of para-hydroxylation sites is 2. The zero-order chi connectivity index (χ0) is 35.0. The highest BCUT2D eigenvalue weighted by Gasteiger charge is 2.34. The third-order valence-corrected chi connectivity index (χ3v) is 7.76. The van der Waals surface area contributed by atoms with Gasteiger partial charge in [0.1, 0.15) is 22.9 Å². The number of aromatic hydroxyl groups is 2. The number of nitrogens with zero attached hydrogens (tertiary/aromatic N) is 4. The van der Waals surface area contributed by atoms with Gasteiger partial charge in [0, 0.05) is 11.1 Å². The first-order valence-corrected chi connectivity index (χ1v) is 15.3. The largest absolute Gasteiger partial charge is 0.506 e. The highest BCUT2D eigenvalue weighted by atomic mass is 16.3. The third kappa shape index (κ3) is 6.76. The SMILES string of the molecule is N#Cc1ccc(N(C(=O)Nc2ccccc2-c2ccccc2)N(C(=O)Nc2ccccc2-c2ccccc2)c2ccc(C#N)cc2O)c(O)c1. The maximum atomic E-state index is 14.6. The molecule has 50 heavy (non-hydrogen) atoms. The fraction of sp³-hybridized carbons (Fsp3) is 0. The number of carbonyl (C=O) groups is 2. The topological polar surface area (TPSA) is 153 Å². The van der Waals surface area contributed by atoms with E-state index in [1.165, 1.54) is 24.3 Å². The summed E-state index contributed by atoms with van der Waals surface area (Å²) in [4.78, 5) is 29.2. The minimum atomic E-state index is -0.899. The van der Waals surface area contributed by atoms with Gasteiger partial charge < -0.3 is 20.8 Å². The molecular weight excluding hydrogens is 628 g/mol. The number of hydrogen-bond acceptors (Lipinski definition) is 6. The number of carbonyl (C=O) groups excluding carboxylic acids is 2. The molecule has 0 unspecified atom stereocenters. The fourth-order valence-electron chi connectivity index (χ4n) is 5.42. The second-order valence-corrected chi connectivity index (χ2v) is 10.9. The molecule has 6 aromatic rings. The molecule has 0 fully saturated rings. The maximum absolute atomic E-state index is 14.6. The van der Waals surface area contributed by atoms with Crippen molar-refractivity contribution in [2.45, 2.75) is 0 Å². The molecule has 0 aliphatic heterocycles. The summed E-state index contributed by atoms with van der Waals surface area (Å²) in [6.45, 7) is 0. The van der Waals surface area contributed by atoms with Crippen LogP contribution in [0.3, 0.4) is 0 Å². The lowest BCUT2D eigenvalue weighted by Gasteiger charge is -2.35. The van der Waals surface area contributed by atoms with Crippen LogP contribution in [0.25, 0.3) is 22.3 Å². The normalized spacial score (nSPS) is 10.3. The Bertz CT molecular complexity index is 2120. The number of anilines is 4. The predicted molar refractivity (Wildman–Crippen MR) is 192 cm³/mol. The molecule has 6 aromatic carbocycles. The van der Waals surface area contributed by atoms with Crippen molar-refractivity contribution in [2.75, 3.05) is 20.7 Å². The standard InChI is InChI=1S/C40H28N6O4/c41-25-27-19-21-35(37(47)23-27)45(39(49)43-33-17-9-7-15-31(33)29-11-3-1-4-12-29)46(36-22-20-28(26-42)24-38(36)48)40(50)44-34-18-10-8-16-32(34)30-13-5-2-6-14-30/h1-24,47-48H,(H,43,49)(H,44,50). The van der Waals surface area contributed by atoms with Crippen molar-refractivity contribution < 1.29 is 19.8 Å². The van der Waals surface area contributed by atoms with Crippen molar-refractivity contribution in [3.8, 4) is 45.9 Å². The number of urea groups is 2. The van der Waals surface area contributed by atoms with Gasteiger partial charge in [0.2, 0.25) is 0 Å². The highest BCUT2D eigenvalue weighted by Crippen LogP contribution is 2.38. The number of nitriles is 2. The van der Waals surface area contributed by atoms with Crippen molar-refractivity contribution in [1.29, 1.82) is 10.5 Å². The summed E-state index contributed by atoms with van der Waals surface area (Å²) in [5.74, 6) is -0.989. The Balaban J connectivity index is 1.51. The molecule has 4 amide bonds. The van der Waals surface area contributed by atoms with E-state index in [-0.39, 0.29) is 22.5 Å².